The van der Waals surface area contributed by atoms with Crippen molar-refractivity contribution in [3.05, 3.63) is 46.7 Å². The summed E-state index contributed by atoms with van der Waals surface area (Å²) in [4.78, 5) is 9.62. The topological polar surface area (TPSA) is 24.8 Å². The fraction of sp³-hybridized carbons (Fsp3) is 0.667. The van der Waals surface area contributed by atoms with Gasteiger partial charge < -0.3 is 0 Å². The number of hydroxylamine groups is 2. The Morgan fingerprint density at radius 3 is 2.62 bits per heavy atom. The number of nitrogens with zero attached hydrogens (tertiary/aromatic N) is 2. The summed E-state index contributed by atoms with van der Waals surface area (Å²) in [6.07, 6.45) is 9.82. The highest BCUT2D eigenvalue weighted by molar-refractivity contribution is 6.20. The van der Waals surface area contributed by atoms with Crippen LogP contribution in [0.3, 0.4) is 0 Å². The molecular formula is C27H38ClF3N2O. The molecule has 0 radical (unpaired) electrons. The summed E-state index contributed by atoms with van der Waals surface area (Å²) in [6, 6.07) is 1.85. The molecule has 7 heteroatoms. The SMILES string of the molecule is CCCCC(C)Cc1cc2c(c(F)c1F)CC(C1=NC(F)N(OCC(Cl)CCCC)C=C1)CC2. The molecule has 0 fully saturated rings. The van der Waals surface area contributed by atoms with Gasteiger partial charge in [-0.25, -0.2) is 18.8 Å². The van der Waals surface area contributed by atoms with E-state index in [2.05, 4.69) is 25.8 Å². The molecular weight excluding hydrogens is 461 g/mol. The van der Waals surface area contributed by atoms with Crippen LogP contribution in [0.4, 0.5) is 13.2 Å². The van der Waals surface area contributed by atoms with E-state index < -0.39 is 18.1 Å². The summed E-state index contributed by atoms with van der Waals surface area (Å²) < 4.78 is 44.6. The lowest BCUT2D eigenvalue weighted by Crippen LogP contribution is -2.34. The molecule has 1 aromatic rings. The third-order valence-corrected chi connectivity index (χ3v) is 7.20. The van der Waals surface area contributed by atoms with Crippen LogP contribution in [-0.2, 0) is 24.1 Å². The highest BCUT2D eigenvalue weighted by Gasteiger charge is 2.30. The lowest BCUT2D eigenvalue weighted by Gasteiger charge is -2.30. The number of benzene rings is 1. The Morgan fingerprint density at radius 1 is 1.18 bits per heavy atom. The van der Waals surface area contributed by atoms with Gasteiger partial charge in [0, 0.05) is 17.8 Å². The molecule has 2 aliphatic rings. The monoisotopic (exact) mass is 498 g/mol. The molecule has 0 bridgehead atoms. The van der Waals surface area contributed by atoms with Crippen molar-refractivity contribution >= 4 is 17.3 Å². The third-order valence-electron chi connectivity index (χ3n) is 6.86. The molecule has 0 saturated carbocycles. The zero-order chi connectivity index (χ0) is 24.7. The quantitative estimate of drug-likeness (QED) is 0.218. The van der Waals surface area contributed by atoms with E-state index in [-0.39, 0.29) is 17.9 Å². The predicted molar refractivity (Wildman–Crippen MR) is 133 cm³/mol. The number of unbranched alkanes of at least 4 members (excludes halogenated alkanes) is 2. The van der Waals surface area contributed by atoms with Crippen molar-refractivity contribution in [2.45, 2.75) is 96.8 Å². The Morgan fingerprint density at radius 2 is 1.91 bits per heavy atom. The van der Waals surface area contributed by atoms with Gasteiger partial charge in [0.05, 0.1) is 12.0 Å². The van der Waals surface area contributed by atoms with Crippen LogP contribution in [0, 0.1) is 23.5 Å². The molecule has 1 heterocycles. The van der Waals surface area contributed by atoms with Crippen LogP contribution >= 0.6 is 11.6 Å². The van der Waals surface area contributed by atoms with Gasteiger partial charge in [-0.3, -0.25) is 4.84 Å². The zero-order valence-corrected chi connectivity index (χ0v) is 21.4. The summed E-state index contributed by atoms with van der Waals surface area (Å²) in [5, 5.41) is 0.881. The molecule has 0 spiro atoms. The first-order chi connectivity index (χ1) is 16.3. The van der Waals surface area contributed by atoms with E-state index in [9.17, 15) is 8.78 Å². The summed E-state index contributed by atoms with van der Waals surface area (Å²) in [5.41, 5.74) is 2.31. The van der Waals surface area contributed by atoms with Gasteiger partial charge in [0.2, 0.25) is 0 Å². The van der Waals surface area contributed by atoms with Gasteiger partial charge in [-0.2, -0.15) is 4.39 Å². The molecule has 3 nitrogen and oxygen atoms in total. The number of allylic oxidation sites excluding steroid dienone is 1. The standard InChI is InChI=1S/C27H38ClF3N2O/c1-4-6-8-18(3)14-21-15-19-10-11-20(16-23(19)26(30)25(21)29)24-12-13-33(27(31)32-24)34-17-22(28)9-7-5-2/h12-13,15,18,20,22,27H,4-11,14,16-17H2,1-3H3. The lowest BCUT2D eigenvalue weighted by atomic mass is 9.79. The van der Waals surface area contributed by atoms with E-state index in [1.165, 1.54) is 6.20 Å². The summed E-state index contributed by atoms with van der Waals surface area (Å²) >= 11 is 6.21. The van der Waals surface area contributed by atoms with Gasteiger partial charge in [0.1, 0.15) is 0 Å². The minimum atomic E-state index is -1.68. The number of hydrogen-bond donors (Lipinski definition) is 0. The highest BCUT2D eigenvalue weighted by Crippen LogP contribution is 2.33. The molecule has 4 unspecified atom stereocenters. The second kappa shape index (κ2) is 13.0. The number of aryl methyl sites for hydroxylation is 1. The van der Waals surface area contributed by atoms with Crippen LogP contribution in [0.1, 0.15) is 82.4 Å². The Labute approximate surface area is 207 Å². The van der Waals surface area contributed by atoms with Crippen molar-refractivity contribution < 1.29 is 18.0 Å². The number of rotatable bonds is 12. The van der Waals surface area contributed by atoms with Crippen molar-refractivity contribution in [3.8, 4) is 0 Å². The van der Waals surface area contributed by atoms with E-state index in [0.29, 0.717) is 42.0 Å². The zero-order valence-electron chi connectivity index (χ0n) is 20.6. The van der Waals surface area contributed by atoms with Gasteiger partial charge in [-0.05, 0) is 60.8 Å². The van der Waals surface area contributed by atoms with Gasteiger partial charge >= 0.3 is 0 Å². The molecule has 34 heavy (non-hydrogen) atoms. The van der Waals surface area contributed by atoms with E-state index in [1.807, 2.05) is 6.07 Å². The maximum absolute atomic E-state index is 15.0. The van der Waals surface area contributed by atoms with Crippen LogP contribution < -0.4 is 0 Å². The fourth-order valence-corrected chi connectivity index (χ4v) is 5.00. The number of aliphatic imine (C=N–C) groups is 1. The first kappa shape index (κ1) is 27.1. The van der Waals surface area contributed by atoms with E-state index >= 15 is 4.39 Å². The van der Waals surface area contributed by atoms with E-state index in [1.54, 1.807) is 6.08 Å². The predicted octanol–water partition coefficient (Wildman–Crippen LogP) is 7.69. The molecule has 0 amide bonds. The van der Waals surface area contributed by atoms with Gasteiger partial charge in [0.15, 0.2) is 11.6 Å². The van der Waals surface area contributed by atoms with Crippen LogP contribution in [0.5, 0.6) is 0 Å². The number of hydrogen-bond acceptors (Lipinski definition) is 3. The molecule has 0 saturated heterocycles. The van der Waals surface area contributed by atoms with Crippen molar-refractivity contribution in [3.63, 3.8) is 0 Å². The lowest BCUT2D eigenvalue weighted by molar-refractivity contribution is -0.179. The number of alkyl halides is 2. The second-order valence-electron chi connectivity index (χ2n) is 9.77. The summed E-state index contributed by atoms with van der Waals surface area (Å²) in [6.45, 7) is 6.52. The Hall–Kier alpha value is -1.53. The van der Waals surface area contributed by atoms with Crippen molar-refractivity contribution in [1.29, 1.82) is 0 Å². The molecule has 4 atom stereocenters. The molecule has 1 aliphatic heterocycles. The van der Waals surface area contributed by atoms with Gasteiger partial charge in [-0.15, -0.1) is 11.6 Å². The normalized spacial score (nSPS) is 21.9. The molecule has 190 valence electrons. The van der Waals surface area contributed by atoms with Gasteiger partial charge in [0.25, 0.3) is 6.42 Å². The average molecular weight is 499 g/mol. The molecule has 0 aromatic heterocycles. The maximum Gasteiger partial charge on any atom is 0.288 e. The molecule has 1 aromatic carbocycles. The average Bonchev–Trinajstić information content (AvgIpc) is 2.83. The fourth-order valence-electron chi connectivity index (χ4n) is 4.79. The highest BCUT2D eigenvalue weighted by atomic mass is 35.5. The molecule has 1 aliphatic carbocycles. The third kappa shape index (κ3) is 7.00. The van der Waals surface area contributed by atoms with Crippen molar-refractivity contribution in [1.82, 2.24) is 5.06 Å². The van der Waals surface area contributed by atoms with Gasteiger partial charge in [-0.1, -0.05) is 58.9 Å². The second-order valence-corrected chi connectivity index (χ2v) is 10.4. The van der Waals surface area contributed by atoms with Crippen molar-refractivity contribution in [2.24, 2.45) is 16.8 Å². The molecule has 3 rings (SSSR count). The smallest absolute Gasteiger partial charge is 0.268 e. The minimum Gasteiger partial charge on any atom is -0.268 e. The van der Waals surface area contributed by atoms with Crippen molar-refractivity contribution in [2.75, 3.05) is 6.61 Å². The van der Waals surface area contributed by atoms with E-state index in [4.69, 9.17) is 16.4 Å². The largest absolute Gasteiger partial charge is 0.288 e. The number of fused-ring (bicyclic) bond motifs is 1. The Bertz CT molecular complexity index is 876. The maximum atomic E-state index is 15.0. The Kier molecular flexibility index (Phi) is 10.3. The van der Waals surface area contributed by atoms with Crippen LogP contribution in [0.15, 0.2) is 23.3 Å². The first-order valence-electron chi connectivity index (χ1n) is 12.8. The van der Waals surface area contributed by atoms with Crippen LogP contribution in [-0.4, -0.2) is 29.2 Å². The number of halogens is 4. The van der Waals surface area contributed by atoms with Crippen LogP contribution in [0.25, 0.3) is 0 Å². The summed E-state index contributed by atoms with van der Waals surface area (Å²) in [7, 11) is 0. The summed E-state index contributed by atoms with van der Waals surface area (Å²) in [5.74, 6) is -1.32. The minimum absolute atomic E-state index is 0.155. The van der Waals surface area contributed by atoms with Crippen LogP contribution in [0.2, 0.25) is 0 Å². The first-order valence-corrected chi connectivity index (χ1v) is 13.2. The molecule has 0 N–H and O–H groups in total. The van der Waals surface area contributed by atoms with E-state index in [0.717, 1.165) is 55.6 Å². The Balaban J connectivity index is 1.63.